The third-order valence-corrected chi connectivity index (χ3v) is 2.83. The molecule has 0 spiro atoms. The summed E-state index contributed by atoms with van der Waals surface area (Å²) in [5.74, 6) is -0.124. The molecule has 0 bridgehead atoms. The van der Waals surface area contributed by atoms with Gasteiger partial charge < -0.3 is 10.3 Å². The highest BCUT2D eigenvalue weighted by atomic mass is 16.1. The minimum atomic E-state index is -0.391. The van der Waals surface area contributed by atoms with E-state index in [0.29, 0.717) is 17.9 Å². The first-order chi connectivity index (χ1) is 9.06. The van der Waals surface area contributed by atoms with Crippen molar-refractivity contribution in [3.8, 4) is 0 Å². The lowest BCUT2D eigenvalue weighted by atomic mass is 10.1. The van der Waals surface area contributed by atoms with Crippen LogP contribution in [0.2, 0.25) is 0 Å². The van der Waals surface area contributed by atoms with E-state index in [2.05, 4.69) is 25.5 Å². The minimum Gasteiger partial charge on any atom is -0.352 e. The number of amides is 1. The average molecular weight is 261 g/mol. The van der Waals surface area contributed by atoms with Gasteiger partial charge in [0.15, 0.2) is 0 Å². The van der Waals surface area contributed by atoms with Gasteiger partial charge in [0.2, 0.25) is 5.91 Å². The van der Waals surface area contributed by atoms with Gasteiger partial charge in [0.25, 0.3) is 0 Å². The summed E-state index contributed by atoms with van der Waals surface area (Å²) in [6.45, 7) is 3.90. The first-order valence-corrected chi connectivity index (χ1v) is 5.87. The lowest BCUT2D eigenvalue weighted by Crippen LogP contribution is -2.26. The number of aromatic amines is 2. The molecule has 0 unspecified atom stereocenters. The van der Waals surface area contributed by atoms with Gasteiger partial charge in [-0.05, 0) is 13.8 Å². The molecule has 3 N–H and O–H groups in total. The molecule has 0 aromatic carbocycles. The Balaban J connectivity index is 2.01. The molecule has 2 aromatic rings. The SMILES string of the molecule is Cc1nc(=O)[nH]c(C)c1CC(=O)NCc1cn[nH]c1. The highest BCUT2D eigenvalue weighted by Crippen LogP contribution is 2.07. The van der Waals surface area contributed by atoms with Crippen LogP contribution in [0.4, 0.5) is 0 Å². The van der Waals surface area contributed by atoms with Gasteiger partial charge >= 0.3 is 5.69 Å². The highest BCUT2D eigenvalue weighted by molar-refractivity contribution is 5.79. The molecule has 100 valence electrons. The zero-order valence-electron chi connectivity index (χ0n) is 10.8. The number of nitrogens with one attached hydrogen (secondary N) is 3. The summed E-state index contributed by atoms with van der Waals surface area (Å²) >= 11 is 0. The minimum absolute atomic E-state index is 0.124. The number of hydrogen-bond donors (Lipinski definition) is 3. The summed E-state index contributed by atoms with van der Waals surface area (Å²) in [7, 11) is 0. The van der Waals surface area contributed by atoms with Crippen molar-refractivity contribution in [1.82, 2.24) is 25.5 Å². The Morgan fingerprint density at radius 3 is 2.84 bits per heavy atom. The Morgan fingerprint density at radius 2 is 2.21 bits per heavy atom. The van der Waals surface area contributed by atoms with E-state index in [4.69, 9.17) is 0 Å². The zero-order chi connectivity index (χ0) is 13.8. The van der Waals surface area contributed by atoms with E-state index in [1.807, 2.05) is 0 Å². The Labute approximate surface area is 109 Å². The number of H-pyrrole nitrogens is 2. The molecule has 0 radical (unpaired) electrons. The van der Waals surface area contributed by atoms with Crippen LogP contribution in [0, 0.1) is 13.8 Å². The topological polar surface area (TPSA) is 104 Å². The molecular weight excluding hydrogens is 246 g/mol. The summed E-state index contributed by atoms with van der Waals surface area (Å²) in [6.07, 6.45) is 3.57. The first-order valence-electron chi connectivity index (χ1n) is 5.87. The van der Waals surface area contributed by atoms with Crippen LogP contribution in [0.5, 0.6) is 0 Å². The van der Waals surface area contributed by atoms with Crippen molar-refractivity contribution in [1.29, 1.82) is 0 Å². The summed E-state index contributed by atoms with van der Waals surface area (Å²) < 4.78 is 0. The van der Waals surface area contributed by atoms with Crippen molar-refractivity contribution in [2.45, 2.75) is 26.8 Å². The first kappa shape index (κ1) is 13.0. The highest BCUT2D eigenvalue weighted by Gasteiger charge is 2.10. The Hall–Kier alpha value is -2.44. The predicted molar refractivity (Wildman–Crippen MR) is 68.5 cm³/mol. The molecule has 0 saturated carbocycles. The Morgan fingerprint density at radius 1 is 1.42 bits per heavy atom. The number of aromatic nitrogens is 4. The number of aryl methyl sites for hydroxylation is 2. The second-order valence-corrected chi connectivity index (χ2v) is 4.29. The Kier molecular flexibility index (Phi) is 3.74. The third-order valence-electron chi connectivity index (χ3n) is 2.83. The number of carbonyl (C=O) groups excluding carboxylic acids is 1. The molecule has 0 atom stereocenters. The van der Waals surface area contributed by atoms with Crippen LogP contribution in [0.3, 0.4) is 0 Å². The van der Waals surface area contributed by atoms with E-state index in [9.17, 15) is 9.59 Å². The Bertz CT molecular complexity index is 604. The molecule has 2 rings (SSSR count). The van der Waals surface area contributed by atoms with E-state index < -0.39 is 5.69 Å². The second kappa shape index (κ2) is 5.47. The van der Waals surface area contributed by atoms with Crippen molar-refractivity contribution in [3.05, 3.63) is 45.4 Å². The molecule has 2 heterocycles. The standard InChI is InChI=1S/C12H15N5O2/c1-7-10(8(2)17-12(19)16-7)3-11(18)13-4-9-5-14-15-6-9/h5-6H,3-4H2,1-2H3,(H,13,18)(H,14,15)(H,16,17,19). The quantitative estimate of drug-likeness (QED) is 0.718. The third kappa shape index (κ3) is 3.27. The van der Waals surface area contributed by atoms with Crippen molar-refractivity contribution in [3.63, 3.8) is 0 Å². The fourth-order valence-corrected chi connectivity index (χ4v) is 1.81. The fourth-order valence-electron chi connectivity index (χ4n) is 1.81. The van der Waals surface area contributed by atoms with Crippen molar-refractivity contribution < 1.29 is 4.79 Å². The molecule has 1 amide bonds. The largest absolute Gasteiger partial charge is 0.352 e. The molecule has 0 fully saturated rings. The van der Waals surface area contributed by atoms with E-state index >= 15 is 0 Å². The van der Waals surface area contributed by atoms with Crippen LogP contribution in [0.25, 0.3) is 0 Å². The maximum absolute atomic E-state index is 11.8. The molecular formula is C12H15N5O2. The van der Waals surface area contributed by atoms with Gasteiger partial charge in [0, 0.05) is 35.3 Å². The number of rotatable bonds is 4. The van der Waals surface area contributed by atoms with Gasteiger partial charge in [-0.3, -0.25) is 9.89 Å². The summed E-state index contributed by atoms with van der Waals surface area (Å²) in [4.78, 5) is 29.4. The van der Waals surface area contributed by atoms with Crippen LogP contribution in [-0.4, -0.2) is 26.1 Å². The number of carbonyl (C=O) groups is 1. The lowest BCUT2D eigenvalue weighted by molar-refractivity contribution is -0.120. The lowest BCUT2D eigenvalue weighted by Gasteiger charge is -2.08. The average Bonchev–Trinajstić information content (AvgIpc) is 2.84. The predicted octanol–water partition coefficient (Wildman–Crippen LogP) is -0.0313. The maximum atomic E-state index is 11.8. The summed E-state index contributed by atoms with van der Waals surface area (Å²) in [5, 5.41) is 9.26. The maximum Gasteiger partial charge on any atom is 0.345 e. The van der Waals surface area contributed by atoms with E-state index in [1.54, 1.807) is 26.2 Å². The van der Waals surface area contributed by atoms with Crippen LogP contribution in [-0.2, 0) is 17.8 Å². The summed E-state index contributed by atoms with van der Waals surface area (Å²) in [5.41, 5.74) is 2.53. The smallest absolute Gasteiger partial charge is 0.345 e. The molecule has 19 heavy (non-hydrogen) atoms. The van der Waals surface area contributed by atoms with E-state index in [-0.39, 0.29) is 12.3 Å². The van der Waals surface area contributed by atoms with Crippen LogP contribution in [0.1, 0.15) is 22.5 Å². The van der Waals surface area contributed by atoms with Gasteiger partial charge in [-0.1, -0.05) is 0 Å². The van der Waals surface area contributed by atoms with Gasteiger partial charge in [-0.15, -0.1) is 0 Å². The van der Waals surface area contributed by atoms with Gasteiger partial charge in [0.1, 0.15) is 0 Å². The zero-order valence-corrected chi connectivity index (χ0v) is 10.8. The second-order valence-electron chi connectivity index (χ2n) is 4.29. The van der Waals surface area contributed by atoms with E-state index in [0.717, 1.165) is 11.1 Å². The monoisotopic (exact) mass is 261 g/mol. The molecule has 0 aliphatic carbocycles. The van der Waals surface area contributed by atoms with Gasteiger partial charge in [0.05, 0.1) is 12.6 Å². The van der Waals surface area contributed by atoms with Crippen LogP contribution >= 0.6 is 0 Å². The fraction of sp³-hybridized carbons (Fsp3) is 0.333. The van der Waals surface area contributed by atoms with Crippen molar-refractivity contribution in [2.75, 3.05) is 0 Å². The summed E-state index contributed by atoms with van der Waals surface area (Å²) in [6, 6.07) is 0. The van der Waals surface area contributed by atoms with Crippen molar-refractivity contribution >= 4 is 5.91 Å². The van der Waals surface area contributed by atoms with Crippen LogP contribution in [0.15, 0.2) is 17.2 Å². The van der Waals surface area contributed by atoms with Gasteiger partial charge in [-0.2, -0.15) is 10.1 Å². The van der Waals surface area contributed by atoms with Crippen molar-refractivity contribution in [2.24, 2.45) is 0 Å². The van der Waals surface area contributed by atoms with E-state index in [1.165, 1.54) is 0 Å². The molecule has 2 aromatic heterocycles. The number of hydrogen-bond acceptors (Lipinski definition) is 4. The normalized spacial score (nSPS) is 10.4. The van der Waals surface area contributed by atoms with Gasteiger partial charge in [-0.25, -0.2) is 4.79 Å². The van der Waals surface area contributed by atoms with Crippen LogP contribution < -0.4 is 11.0 Å². The molecule has 0 aliphatic heterocycles. The molecule has 7 heteroatoms. The molecule has 7 nitrogen and oxygen atoms in total. The molecule has 0 saturated heterocycles. The molecule has 0 aliphatic rings. The number of nitrogens with zero attached hydrogens (tertiary/aromatic N) is 2.